The second kappa shape index (κ2) is 2.51. The molecule has 0 radical (unpaired) electrons. The van der Waals surface area contributed by atoms with Gasteiger partial charge in [-0.15, -0.1) is 0 Å². The molecular weight excluding hydrogens is 96.1 g/mol. The van der Waals surface area contributed by atoms with Crippen molar-refractivity contribution in [2.75, 3.05) is 0 Å². The highest BCUT2D eigenvalue weighted by molar-refractivity contribution is 5.23. The van der Waals surface area contributed by atoms with Crippen LogP contribution in [0.5, 0.6) is 0 Å². The fourth-order valence-electron chi connectivity index (χ4n) is 0.785. The van der Waals surface area contributed by atoms with Crippen molar-refractivity contribution in [2.45, 2.75) is 12.8 Å². The maximum atomic E-state index is 3.68. The van der Waals surface area contributed by atoms with Crippen molar-refractivity contribution < 1.29 is 0 Å². The van der Waals surface area contributed by atoms with Gasteiger partial charge in [0.15, 0.2) is 0 Å². The molecule has 0 spiro atoms. The average molecular weight is 106 g/mol. The molecule has 0 aliphatic heterocycles. The molecule has 0 aromatic rings. The summed E-state index contributed by atoms with van der Waals surface area (Å²) >= 11 is 0. The molecule has 0 N–H and O–H groups in total. The molecule has 1 aliphatic rings. The number of rotatable bonds is 1. The Kier molecular flexibility index (Phi) is 1.68. The first kappa shape index (κ1) is 5.36. The Morgan fingerprint density at radius 2 is 2.38 bits per heavy atom. The van der Waals surface area contributed by atoms with Crippen molar-refractivity contribution >= 4 is 0 Å². The van der Waals surface area contributed by atoms with Crippen LogP contribution in [0.4, 0.5) is 0 Å². The summed E-state index contributed by atoms with van der Waals surface area (Å²) in [4.78, 5) is 0. The molecule has 8 heavy (non-hydrogen) atoms. The second-order valence-corrected chi connectivity index (χ2v) is 1.89. The third kappa shape index (κ3) is 1.09. The Balaban J connectivity index is 2.55. The molecule has 0 saturated carbocycles. The molecule has 1 aliphatic carbocycles. The first-order valence-corrected chi connectivity index (χ1v) is 2.90. The van der Waals surface area contributed by atoms with E-state index in [0.29, 0.717) is 0 Å². The molecule has 0 aromatic carbocycles. The minimum atomic E-state index is 1.07. The Labute approximate surface area is 50.2 Å². The molecule has 0 saturated heterocycles. The topological polar surface area (TPSA) is 0 Å². The monoisotopic (exact) mass is 106 g/mol. The highest BCUT2D eigenvalue weighted by Gasteiger charge is 1.89. The van der Waals surface area contributed by atoms with E-state index in [4.69, 9.17) is 0 Å². The van der Waals surface area contributed by atoms with Gasteiger partial charge >= 0.3 is 0 Å². The van der Waals surface area contributed by atoms with Crippen LogP contribution in [0.2, 0.25) is 0 Å². The predicted molar refractivity (Wildman–Crippen MR) is 36.7 cm³/mol. The fourth-order valence-corrected chi connectivity index (χ4v) is 0.785. The van der Waals surface area contributed by atoms with E-state index >= 15 is 0 Å². The number of hydrogen-bond acceptors (Lipinski definition) is 0. The van der Waals surface area contributed by atoms with Gasteiger partial charge in [-0.3, -0.25) is 0 Å². The minimum Gasteiger partial charge on any atom is -0.0988 e. The lowest BCUT2D eigenvalue weighted by Gasteiger charge is -1.99. The van der Waals surface area contributed by atoms with Gasteiger partial charge in [0.05, 0.1) is 0 Å². The van der Waals surface area contributed by atoms with Crippen LogP contribution in [-0.2, 0) is 0 Å². The summed E-state index contributed by atoms with van der Waals surface area (Å²) < 4.78 is 0. The summed E-state index contributed by atoms with van der Waals surface area (Å²) in [5.74, 6) is 0. The molecule has 0 amide bonds. The highest BCUT2D eigenvalue weighted by Crippen LogP contribution is 2.10. The molecule has 0 aromatic heterocycles. The molecule has 0 bridgehead atoms. The maximum Gasteiger partial charge on any atom is -0.0101 e. The normalized spacial score (nSPS) is 17.8. The lowest BCUT2D eigenvalue weighted by molar-refractivity contribution is 1.17. The van der Waals surface area contributed by atoms with Crippen LogP contribution >= 0.6 is 0 Å². The van der Waals surface area contributed by atoms with Crippen LogP contribution in [0.1, 0.15) is 12.8 Å². The molecule has 0 atom stereocenters. The van der Waals surface area contributed by atoms with Crippen molar-refractivity contribution in [2.24, 2.45) is 0 Å². The highest BCUT2D eigenvalue weighted by atomic mass is 14.0. The minimum absolute atomic E-state index is 1.07. The van der Waals surface area contributed by atoms with Gasteiger partial charge in [-0.05, 0) is 18.4 Å². The SMILES string of the molecule is C=CC1=CCC=CC1. The van der Waals surface area contributed by atoms with Gasteiger partial charge in [0.2, 0.25) is 0 Å². The maximum absolute atomic E-state index is 3.68. The van der Waals surface area contributed by atoms with Gasteiger partial charge in [-0.25, -0.2) is 0 Å². The lowest BCUT2D eigenvalue weighted by atomic mass is 10.1. The first-order chi connectivity index (χ1) is 3.93. The van der Waals surface area contributed by atoms with E-state index in [9.17, 15) is 0 Å². The van der Waals surface area contributed by atoms with E-state index in [1.807, 2.05) is 6.08 Å². The lowest BCUT2D eigenvalue weighted by Crippen LogP contribution is -1.79. The molecule has 42 valence electrons. The van der Waals surface area contributed by atoms with Crippen molar-refractivity contribution in [3.63, 3.8) is 0 Å². The number of allylic oxidation sites excluding steroid dienone is 5. The van der Waals surface area contributed by atoms with E-state index in [2.05, 4.69) is 24.8 Å². The van der Waals surface area contributed by atoms with Gasteiger partial charge in [0.1, 0.15) is 0 Å². The smallest absolute Gasteiger partial charge is 0.0101 e. The zero-order valence-corrected chi connectivity index (χ0v) is 4.93. The molecule has 0 fully saturated rings. The van der Waals surface area contributed by atoms with E-state index in [0.717, 1.165) is 12.8 Å². The third-order valence-corrected chi connectivity index (χ3v) is 1.30. The molecule has 0 heterocycles. The summed E-state index contributed by atoms with van der Waals surface area (Å²) in [6.07, 6.45) is 10.6. The fraction of sp³-hybridized carbons (Fsp3) is 0.250. The molecule has 0 heteroatoms. The molecular formula is C8H10. The zero-order chi connectivity index (χ0) is 5.82. The van der Waals surface area contributed by atoms with E-state index in [1.165, 1.54) is 5.57 Å². The van der Waals surface area contributed by atoms with Crippen molar-refractivity contribution in [3.05, 3.63) is 36.5 Å². The Bertz CT molecular complexity index is 138. The molecule has 0 unspecified atom stereocenters. The van der Waals surface area contributed by atoms with Crippen molar-refractivity contribution in [1.82, 2.24) is 0 Å². The zero-order valence-electron chi connectivity index (χ0n) is 4.93. The van der Waals surface area contributed by atoms with Crippen molar-refractivity contribution in [3.8, 4) is 0 Å². The number of hydrogen-bond donors (Lipinski definition) is 0. The van der Waals surface area contributed by atoms with Crippen LogP contribution in [0, 0.1) is 0 Å². The largest absolute Gasteiger partial charge is 0.0988 e. The van der Waals surface area contributed by atoms with Gasteiger partial charge < -0.3 is 0 Å². The van der Waals surface area contributed by atoms with Crippen LogP contribution in [0.3, 0.4) is 0 Å². The van der Waals surface area contributed by atoms with Gasteiger partial charge in [-0.1, -0.05) is 30.9 Å². The van der Waals surface area contributed by atoms with Crippen LogP contribution in [0.15, 0.2) is 36.5 Å². The summed E-state index contributed by atoms with van der Waals surface area (Å²) in [5, 5.41) is 0. The summed E-state index contributed by atoms with van der Waals surface area (Å²) in [7, 11) is 0. The van der Waals surface area contributed by atoms with Gasteiger partial charge in [-0.2, -0.15) is 0 Å². The van der Waals surface area contributed by atoms with E-state index < -0.39 is 0 Å². The Hall–Kier alpha value is -0.780. The van der Waals surface area contributed by atoms with Gasteiger partial charge in [0, 0.05) is 0 Å². The standard InChI is InChI=1S/C8H10/c1-2-8-6-4-3-5-7-8/h2-4,7H,1,5-6H2. The molecule has 0 nitrogen and oxygen atoms in total. The first-order valence-electron chi connectivity index (χ1n) is 2.90. The van der Waals surface area contributed by atoms with E-state index in [-0.39, 0.29) is 0 Å². The quantitative estimate of drug-likeness (QED) is 0.450. The third-order valence-electron chi connectivity index (χ3n) is 1.30. The van der Waals surface area contributed by atoms with Crippen molar-refractivity contribution in [1.29, 1.82) is 0 Å². The summed E-state index contributed by atoms with van der Waals surface area (Å²) in [6, 6.07) is 0. The molecule has 1 rings (SSSR count). The Morgan fingerprint density at radius 3 is 2.75 bits per heavy atom. The van der Waals surface area contributed by atoms with Crippen LogP contribution in [0.25, 0.3) is 0 Å². The van der Waals surface area contributed by atoms with Gasteiger partial charge in [0.25, 0.3) is 0 Å². The Morgan fingerprint density at radius 1 is 1.50 bits per heavy atom. The summed E-state index contributed by atoms with van der Waals surface area (Å²) in [6.45, 7) is 3.68. The average Bonchev–Trinajstić information content (AvgIpc) is 1.90. The second-order valence-electron chi connectivity index (χ2n) is 1.89. The predicted octanol–water partition coefficient (Wildman–Crippen LogP) is 2.45. The van der Waals surface area contributed by atoms with E-state index in [1.54, 1.807) is 0 Å². The van der Waals surface area contributed by atoms with Crippen LogP contribution < -0.4 is 0 Å². The summed E-state index contributed by atoms with van der Waals surface area (Å²) in [5.41, 5.74) is 1.35. The van der Waals surface area contributed by atoms with Crippen LogP contribution in [-0.4, -0.2) is 0 Å².